The predicted molar refractivity (Wildman–Crippen MR) is 188 cm³/mol. The van der Waals surface area contributed by atoms with E-state index >= 15 is 0 Å². The summed E-state index contributed by atoms with van der Waals surface area (Å²) >= 11 is 0. The van der Waals surface area contributed by atoms with E-state index in [1.807, 2.05) is 35.2 Å². The highest BCUT2D eigenvalue weighted by atomic mass is 16.3. The lowest BCUT2D eigenvalue weighted by Gasteiger charge is -2.39. The summed E-state index contributed by atoms with van der Waals surface area (Å²) in [5, 5.41) is 2.09. The van der Waals surface area contributed by atoms with E-state index in [0.29, 0.717) is 11.5 Å². The van der Waals surface area contributed by atoms with Crippen molar-refractivity contribution in [2.45, 2.75) is 32.1 Å². The third kappa shape index (κ3) is 4.06. The summed E-state index contributed by atoms with van der Waals surface area (Å²) in [5.74, 6) is 0.549. The van der Waals surface area contributed by atoms with Gasteiger partial charge in [0, 0.05) is 21.8 Å². The van der Waals surface area contributed by atoms with Gasteiger partial charge in [0.05, 0.1) is 17.1 Å². The molecule has 45 heavy (non-hydrogen) atoms. The smallest absolute Gasteiger partial charge is 0.136 e. The summed E-state index contributed by atoms with van der Waals surface area (Å²) in [4.78, 5) is 2.04. The van der Waals surface area contributed by atoms with Gasteiger partial charge < -0.3 is 15.9 Å². The van der Waals surface area contributed by atoms with Gasteiger partial charge in [-0.25, -0.2) is 0 Å². The molecule has 2 aliphatic heterocycles. The lowest BCUT2D eigenvalue weighted by molar-refractivity contribution is 0.660. The zero-order chi connectivity index (χ0) is 30.9. The van der Waals surface area contributed by atoms with Crippen molar-refractivity contribution in [3.8, 4) is 11.1 Å². The summed E-state index contributed by atoms with van der Waals surface area (Å²) in [6.45, 7) is 9.17. The van der Waals surface area contributed by atoms with E-state index in [0.717, 1.165) is 55.6 Å². The van der Waals surface area contributed by atoms with Gasteiger partial charge in [-0.1, -0.05) is 99.3 Å². The minimum Gasteiger partial charge on any atom is -0.456 e. The zero-order valence-corrected chi connectivity index (χ0v) is 25.6. The Kier molecular flexibility index (Phi) is 6.04. The van der Waals surface area contributed by atoms with Gasteiger partial charge in [-0.3, -0.25) is 4.90 Å². The van der Waals surface area contributed by atoms with Crippen LogP contribution < -0.4 is 16.4 Å². The van der Waals surface area contributed by atoms with E-state index < -0.39 is 0 Å². The number of nitrogens with two attached hydrogens (primary N) is 2. The Hall–Kier alpha value is -5.48. The number of benzene rings is 4. The van der Waals surface area contributed by atoms with Gasteiger partial charge in [-0.15, -0.1) is 0 Å². The molecule has 0 saturated heterocycles. The second kappa shape index (κ2) is 10.0. The highest BCUT2D eigenvalue weighted by molar-refractivity contribution is 6.15. The van der Waals surface area contributed by atoms with Crippen LogP contribution in [0.15, 0.2) is 144 Å². The van der Waals surface area contributed by atoms with Crippen molar-refractivity contribution in [2.75, 3.05) is 4.90 Å². The van der Waals surface area contributed by atoms with Crippen molar-refractivity contribution in [3.63, 3.8) is 0 Å². The van der Waals surface area contributed by atoms with Crippen LogP contribution >= 0.6 is 0 Å². The molecule has 4 aliphatic rings. The van der Waals surface area contributed by atoms with Crippen LogP contribution in [0.5, 0.6) is 0 Å². The quantitative estimate of drug-likeness (QED) is 0.205. The molecule has 0 bridgehead atoms. The molecule has 2 aliphatic carbocycles. The lowest BCUT2D eigenvalue weighted by Crippen LogP contribution is -2.42. The van der Waals surface area contributed by atoms with Gasteiger partial charge in [-0.05, 0) is 88.2 Å². The van der Waals surface area contributed by atoms with Crippen LogP contribution in [-0.2, 0) is 5.41 Å². The van der Waals surface area contributed by atoms with Crippen LogP contribution in [0.2, 0.25) is 0 Å². The molecule has 220 valence electrons. The van der Waals surface area contributed by atoms with Crippen LogP contribution in [0.4, 0.5) is 5.69 Å². The highest BCUT2D eigenvalue weighted by Crippen LogP contribution is 2.51. The summed E-state index contributed by atoms with van der Waals surface area (Å²) in [5.41, 5.74) is 26.4. The molecule has 4 heteroatoms. The average molecular weight is 586 g/mol. The first kappa shape index (κ1) is 27.1. The summed E-state index contributed by atoms with van der Waals surface area (Å²) in [7, 11) is 0. The van der Waals surface area contributed by atoms with Crippen molar-refractivity contribution < 1.29 is 4.42 Å². The normalized spacial score (nSPS) is 19.6. The van der Waals surface area contributed by atoms with Crippen LogP contribution in [0.3, 0.4) is 0 Å². The number of allylic oxidation sites excluding steroid dienone is 8. The lowest BCUT2D eigenvalue weighted by atomic mass is 9.82. The maximum absolute atomic E-state index is 6.50. The second-order valence-corrected chi connectivity index (χ2v) is 12.6. The van der Waals surface area contributed by atoms with E-state index in [4.69, 9.17) is 15.9 Å². The molecule has 0 saturated carbocycles. The summed E-state index contributed by atoms with van der Waals surface area (Å²) in [6, 6.07) is 27.7. The Morgan fingerprint density at radius 3 is 2.29 bits per heavy atom. The third-order valence-electron chi connectivity index (χ3n) is 9.54. The van der Waals surface area contributed by atoms with Gasteiger partial charge in [-0.2, -0.15) is 0 Å². The van der Waals surface area contributed by atoms with Crippen LogP contribution in [0.1, 0.15) is 48.9 Å². The van der Waals surface area contributed by atoms with E-state index in [1.165, 1.54) is 35.1 Å². The molecule has 0 fully saturated rings. The maximum atomic E-state index is 6.50. The maximum Gasteiger partial charge on any atom is 0.136 e. The molecule has 0 spiro atoms. The second-order valence-electron chi connectivity index (χ2n) is 12.6. The molecule has 4 aromatic carbocycles. The van der Waals surface area contributed by atoms with Crippen molar-refractivity contribution in [2.24, 2.45) is 11.5 Å². The molecular weight excluding hydrogens is 550 g/mol. The number of nitrogens with zero attached hydrogens (tertiary/aromatic N) is 1. The number of para-hydroxylation sites is 1. The van der Waals surface area contributed by atoms with Gasteiger partial charge in [0.1, 0.15) is 17.0 Å². The SMILES string of the molecule is C1=CCCC=C1.C=C1/C=C(c2ccc3c(c2)-c2ccccc2C3(C)C)\C=C2\C(N)=C(N)N2c2ccc3oc4ccccc4c3c21. The minimum absolute atomic E-state index is 0.0406. The van der Waals surface area contributed by atoms with Gasteiger partial charge >= 0.3 is 0 Å². The van der Waals surface area contributed by atoms with Gasteiger partial charge in [0.25, 0.3) is 0 Å². The Labute approximate surface area is 263 Å². The van der Waals surface area contributed by atoms with E-state index in [9.17, 15) is 0 Å². The summed E-state index contributed by atoms with van der Waals surface area (Å²) < 4.78 is 6.22. The standard InChI is InChI=1S/C35H27N3O.C6H8/c1-19-16-21(20-12-13-26-24(17-20)22-8-4-6-10-25(22)35(26,2)3)18-28-33(36)34(37)38(28)27-14-15-30-32(31(19)27)23-9-5-7-11-29(23)39-30;1-2-4-6-5-3-1/h4-18H,1,36-37H2,2-3H3;1-4H,5-6H2/b21-16+,28-18-;. The van der Waals surface area contributed by atoms with Crippen LogP contribution in [-0.4, -0.2) is 0 Å². The fraction of sp³-hybridized carbons (Fsp3) is 0.122. The molecule has 0 amide bonds. The van der Waals surface area contributed by atoms with Gasteiger partial charge in [0.2, 0.25) is 0 Å². The first-order valence-corrected chi connectivity index (χ1v) is 15.5. The molecule has 1 aromatic heterocycles. The topological polar surface area (TPSA) is 68.4 Å². The molecule has 4 nitrogen and oxygen atoms in total. The number of rotatable bonds is 1. The number of anilines is 1. The Balaban J connectivity index is 0.000000452. The average Bonchev–Trinajstić information content (AvgIpc) is 3.56. The molecule has 0 atom stereocenters. The fourth-order valence-corrected chi connectivity index (χ4v) is 7.23. The van der Waals surface area contributed by atoms with E-state index in [1.54, 1.807) is 0 Å². The third-order valence-corrected chi connectivity index (χ3v) is 9.54. The summed E-state index contributed by atoms with van der Waals surface area (Å²) in [6.07, 6.45) is 15.3. The largest absolute Gasteiger partial charge is 0.456 e. The molecule has 3 heterocycles. The minimum atomic E-state index is -0.0406. The van der Waals surface area contributed by atoms with Crippen molar-refractivity contribution >= 4 is 38.8 Å². The van der Waals surface area contributed by atoms with Crippen molar-refractivity contribution in [1.82, 2.24) is 0 Å². The number of hydrogen-bond acceptors (Lipinski definition) is 4. The van der Waals surface area contributed by atoms with E-state index in [-0.39, 0.29) is 5.41 Å². The molecule has 0 radical (unpaired) electrons. The first-order chi connectivity index (χ1) is 21.8. The number of furan rings is 1. The predicted octanol–water partition coefficient (Wildman–Crippen LogP) is 9.69. The number of hydrogen-bond donors (Lipinski definition) is 2. The van der Waals surface area contributed by atoms with Gasteiger partial charge in [0.15, 0.2) is 0 Å². The Morgan fingerprint density at radius 2 is 1.51 bits per heavy atom. The van der Waals surface area contributed by atoms with Crippen molar-refractivity contribution in [3.05, 3.63) is 161 Å². The van der Waals surface area contributed by atoms with Crippen LogP contribution in [0, 0.1) is 0 Å². The molecule has 5 aromatic rings. The monoisotopic (exact) mass is 585 g/mol. The zero-order valence-electron chi connectivity index (χ0n) is 25.6. The molecule has 9 rings (SSSR count). The molecular formula is C41H35N3O. The fourth-order valence-electron chi connectivity index (χ4n) is 7.23. The molecule has 4 N–H and O–H groups in total. The highest BCUT2D eigenvalue weighted by Gasteiger charge is 2.37. The van der Waals surface area contributed by atoms with Crippen LogP contribution in [0.25, 0.3) is 44.2 Å². The number of fused-ring (bicyclic) bond motifs is 10. The van der Waals surface area contributed by atoms with Crippen molar-refractivity contribution in [1.29, 1.82) is 0 Å². The molecule has 0 unspecified atom stereocenters. The Morgan fingerprint density at radius 1 is 0.778 bits per heavy atom. The first-order valence-electron chi connectivity index (χ1n) is 15.5. The van der Waals surface area contributed by atoms with E-state index in [2.05, 4.69) is 105 Å². The Bertz CT molecular complexity index is 2220.